The summed E-state index contributed by atoms with van der Waals surface area (Å²) in [6.45, 7) is 3.99. The van der Waals surface area contributed by atoms with Crippen molar-refractivity contribution in [2.24, 2.45) is 0 Å². The van der Waals surface area contributed by atoms with Crippen molar-refractivity contribution in [3.63, 3.8) is 0 Å². The summed E-state index contributed by atoms with van der Waals surface area (Å²) in [4.78, 5) is 12.1. The molecule has 0 aliphatic heterocycles. The molecule has 0 aliphatic rings. The number of nitrogens with two attached hydrogens (primary N) is 1. The van der Waals surface area contributed by atoms with E-state index in [0.717, 1.165) is 16.7 Å². The molecular weight excluding hydrogens is 266 g/mol. The number of anilines is 1. The Morgan fingerprint density at radius 2 is 1.90 bits per heavy atom. The van der Waals surface area contributed by atoms with E-state index < -0.39 is 0 Å². The summed E-state index contributed by atoms with van der Waals surface area (Å²) < 4.78 is 10.6. The fourth-order valence-corrected chi connectivity index (χ4v) is 2.16. The number of ether oxygens (including phenoxy) is 2. The molecule has 21 heavy (non-hydrogen) atoms. The van der Waals surface area contributed by atoms with Gasteiger partial charge in [-0.15, -0.1) is 0 Å². The van der Waals surface area contributed by atoms with E-state index in [2.05, 4.69) is 0 Å². The minimum atomic E-state index is -0.365. The van der Waals surface area contributed by atoms with Gasteiger partial charge in [0.25, 0.3) is 0 Å². The van der Waals surface area contributed by atoms with Gasteiger partial charge in [0.2, 0.25) is 0 Å². The van der Waals surface area contributed by atoms with Gasteiger partial charge in [-0.2, -0.15) is 0 Å². The van der Waals surface area contributed by atoms with E-state index in [9.17, 15) is 4.79 Å². The first-order valence-corrected chi connectivity index (χ1v) is 6.68. The van der Waals surface area contributed by atoms with Gasteiger partial charge >= 0.3 is 5.97 Å². The summed E-state index contributed by atoms with van der Waals surface area (Å²) >= 11 is 0. The van der Waals surface area contributed by atoms with Crippen molar-refractivity contribution in [1.82, 2.24) is 0 Å². The number of hydrogen-bond donors (Lipinski definition) is 1. The molecule has 0 saturated heterocycles. The largest absolute Gasteiger partial charge is 0.496 e. The molecule has 0 spiro atoms. The summed E-state index contributed by atoms with van der Waals surface area (Å²) in [6, 6.07) is 10.9. The number of aryl methyl sites for hydroxylation is 2. The molecule has 2 aromatic rings. The fourth-order valence-electron chi connectivity index (χ4n) is 2.16. The van der Waals surface area contributed by atoms with Crippen LogP contribution >= 0.6 is 0 Å². The number of rotatable bonds is 4. The molecule has 0 aliphatic carbocycles. The van der Waals surface area contributed by atoms with Crippen molar-refractivity contribution in [3.05, 3.63) is 58.7 Å². The Morgan fingerprint density at radius 3 is 2.57 bits per heavy atom. The molecule has 0 radical (unpaired) electrons. The quantitative estimate of drug-likeness (QED) is 0.692. The maximum atomic E-state index is 12.1. The molecule has 4 nitrogen and oxygen atoms in total. The molecule has 0 saturated carbocycles. The topological polar surface area (TPSA) is 61.5 Å². The molecule has 0 heterocycles. The number of methoxy groups -OCH3 is 1. The second kappa shape index (κ2) is 6.31. The van der Waals surface area contributed by atoms with Crippen molar-refractivity contribution in [1.29, 1.82) is 0 Å². The maximum Gasteiger partial charge on any atom is 0.338 e. The third-order valence-corrected chi connectivity index (χ3v) is 3.27. The molecule has 0 unspecified atom stereocenters. The first kappa shape index (κ1) is 14.9. The molecule has 0 atom stereocenters. The van der Waals surface area contributed by atoms with Crippen LogP contribution in [0.1, 0.15) is 27.0 Å². The van der Waals surface area contributed by atoms with Crippen molar-refractivity contribution in [2.45, 2.75) is 20.5 Å². The smallest absolute Gasteiger partial charge is 0.338 e. The summed E-state index contributed by atoms with van der Waals surface area (Å²) in [7, 11) is 1.60. The normalized spacial score (nSPS) is 10.2. The SMILES string of the molecule is COc1ccc(C)cc1COC(=O)c1ccc(N)cc1C. The first-order chi connectivity index (χ1) is 10.0. The Balaban J connectivity index is 2.12. The lowest BCUT2D eigenvalue weighted by molar-refractivity contribution is 0.0469. The van der Waals surface area contributed by atoms with E-state index in [1.54, 1.807) is 25.3 Å². The molecule has 2 rings (SSSR count). The van der Waals surface area contributed by atoms with Gasteiger partial charge in [0.05, 0.1) is 12.7 Å². The van der Waals surface area contributed by atoms with Crippen molar-refractivity contribution >= 4 is 11.7 Å². The van der Waals surface area contributed by atoms with Crippen LogP contribution < -0.4 is 10.5 Å². The molecular formula is C17H19NO3. The first-order valence-electron chi connectivity index (χ1n) is 6.68. The molecule has 2 N–H and O–H groups in total. The van der Waals surface area contributed by atoms with Crippen LogP contribution in [0.2, 0.25) is 0 Å². The van der Waals surface area contributed by atoms with Crippen LogP contribution in [-0.2, 0) is 11.3 Å². The lowest BCUT2D eigenvalue weighted by atomic mass is 10.1. The highest BCUT2D eigenvalue weighted by Gasteiger charge is 2.12. The van der Waals surface area contributed by atoms with Gasteiger partial charge in [0.15, 0.2) is 0 Å². The summed E-state index contributed by atoms with van der Waals surface area (Å²) in [5.41, 5.74) is 9.57. The molecule has 0 aromatic heterocycles. The third kappa shape index (κ3) is 3.54. The molecule has 110 valence electrons. The Morgan fingerprint density at radius 1 is 1.14 bits per heavy atom. The van der Waals surface area contributed by atoms with E-state index in [-0.39, 0.29) is 12.6 Å². The lowest BCUT2D eigenvalue weighted by Gasteiger charge is -2.11. The number of nitrogen functional groups attached to an aromatic ring is 1. The van der Waals surface area contributed by atoms with Crippen LogP contribution in [0, 0.1) is 13.8 Å². The van der Waals surface area contributed by atoms with E-state index in [4.69, 9.17) is 15.2 Å². The van der Waals surface area contributed by atoms with E-state index >= 15 is 0 Å². The number of esters is 1. The Bertz CT molecular complexity index is 665. The van der Waals surface area contributed by atoms with Crippen molar-refractivity contribution < 1.29 is 14.3 Å². The second-order valence-corrected chi connectivity index (χ2v) is 4.97. The van der Waals surface area contributed by atoms with E-state index in [0.29, 0.717) is 17.0 Å². The van der Waals surface area contributed by atoms with E-state index in [1.165, 1.54) is 0 Å². The lowest BCUT2D eigenvalue weighted by Crippen LogP contribution is -2.08. The van der Waals surface area contributed by atoms with Gasteiger partial charge in [0.1, 0.15) is 12.4 Å². The summed E-state index contributed by atoms with van der Waals surface area (Å²) in [5.74, 6) is 0.346. The Hall–Kier alpha value is -2.49. The third-order valence-electron chi connectivity index (χ3n) is 3.27. The van der Waals surface area contributed by atoms with Gasteiger partial charge < -0.3 is 15.2 Å². The minimum Gasteiger partial charge on any atom is -0.496 e. The van der Waals surface area contributed by atoms with Crippen molar-refractivity contribution in [3.8, 4) is 5.75 Å². The maximum absolute atomic E-state index is 12.1. The van der Waals surface area contributed by atoms with Gasteiger partial charge in [-0.25, -0.2) is 4.79 Å². The average Bonchev–Trinajstić information content (AvgIpc) is 2.45. The zero-order valence-corrected chi connectivity index (χ0v) is 12.5. The minimum absolute atomic E-state index is 0.174. The highest BCUT2D eigenvalue weighted by molar-refractivity contribution is 5.91. The van der Waals surface area contributed by atoms with Gasteiger partial charge in [-0.1, -0.05) is 11.6 Å². The van der Waals surface area contributed by atoms with Gasteiger partial charge in [-0.3, -0.25) is 0 Å². The van der Waals surface area contributed by atoms with Crippen LogP contribution in [0.15, 0.2) is 36.4 Å². The van der Waals surface area contributed by atoms with Gasteiger partial charge in [-0.05, 0) is 49.7 Å². The number of carbonyl (C=O) groups excluding carboxylic acids is 1. The monoisotopic (exact) mass is 285 g/mol. The average molecular weight is 285 g/mol. The second-order valence-electron chi connectivity index (χ2n) is 4.97. The summed E-state index contributed by atoms with van der Waals surface area (Å²) in [5, 5.41) is 0. The Kier molecular flexibility index (Phi) is 4.48. The molecule has 4 heteroatoms. The molecule has 0 amide bonds. The van der Waals surface area contributed by atoms with Crippen LogP contribution in [0.4, 0.5) is 5.69 Å². The van der Waals surface area contributed by atoms with Gasteiger partial charge in [0, 0.05) is 11.3 Å². The van der Waals surface area contributed by atoms with Crippen LogP contribution in [0.5, 0.6) is 5.75 Å². The highest BCUT2D eigenvalue weighted by Crippen LogP contribution is 2.21. The van der Waals surface area contributed by atoms with E-state index in [1.807, 2.05) is 32.0 Å². The molecule has 0 bridgehead atoms. The number of hydrogen-bond acceptors (Lipinski definition) is 4. The van der Waals surface area contributed by atoms with Crippen LogP contribution in [-0.4, -0.2) is 13.1 Å². The predicted molar refractivity (Wildman–Crippen MR) is 82.4 cm³/mol. The fraction of sp³-hybridized carbons (Fsp3) is 0.235. The predicted octanol–water partition coefficient (Wildman–Crippen LogP) is 3.25. The highest BCUT2D eigenvalue weighted by atomic mass is 16.5. The zero-order valence-electron chi connectivity index (χ0n) is 12.5. The van der Waals surface area contributed by atoms with Crippen molar-refractivity contribution in [2.75, 3.05) is 12.8 Å². The molecule has 2 aromatic carbocycles. The van der Waals surface area contributed by atoms with Crippen LogP contribution in [0.3, 0.4) is 0 Å². The zero-order chi connectivity index (χ0) is 15.4. The standard InChI is InChI=1S/C17H19NO3/c1-11-4-7-16(20-3)13(8-11)10-21-17(19)15-6-5-14(18)9-12(15)2/h4-9H,10,18H2,1-3H3. The number of carbonyl (C=O) groups is 1. The van der Waals surface area contributed by atoms with Crippen LogP contribution in [0.25, 0.3) is 0 Å². The molecule has 0 fully saturated rings. The summed E-state index contributed by atoms with van der Waals surface area (Å²) in [6.07, 6.45) is 0. The number of benzene rings is 2. The Labute approximate surface area is 124 Å².